The minimum atomic E-state index is 0.667. The fraction of sp³-hybridized carbons (Fsp3) is 0.385. The molecule has 65 valence electrons. The van der Waals surface area contributed by atoms with E-state index in [1.54, 1.807) is 0 Å². The molecule has 0 heterocycles. The van der Waals surface area contributed by atoms with Gasteiger partial charge in [-0.3, -0.25) is 0 Å². The van der Waals surface area contributed by atoms with Gasteiger partial charge in [0.25, 0.3) is 0 Å². The Morgan fingerprint density at radius 1 is 1.23 bits per heavy atom. The molecule has 3 unspecified atom stereocenters. The summed E-state index contributed by atoms with van der Waals surface area (Å²) in [4.78, 5) is 0. The Bertz CT molecular complexity index is 328. The molecule has 1 radical (unpaired) electrons. The Balaban J connectivity index is 1.99. The summed E-state index contributed by atoms with van der Waals surface area (Å²) in [6.07, 6.45) is 19.5. The summed E-state index contributed by atoms with van der Waals surface area (Å²) >= 11 is 0. The smallest absolute Gasteiger partial charge is 0.00641 e. The van der Waals surface area contributed by atoms with Crippen molar-refractivity contribution < 1.29 is 0 Å². The molecule has 3 atom stereocenters. The lowest BCUT2D eigenvalue weighted by atomic mass is 9.70. The van der Waals surface area contributed by atoms with Crippen LogP contribution in [0.15, 0.2) is 42.0 Å². The maximum Gasteiger partial charge on any atom is 0.00641 e. The van der Waals surface area contributed by atoms with Crippen molar-refractivity contribution in [2.24, 2.45) is 17.8 Å². The van der Waals surface area contributed by atoms with Gasteiger partial charge in [0.1, 0.15) is 0 Å². The maximum absolute atomic E-state index is 3.42. The van der Waals surface area contributed by atoms with E-state index < -0.39 is 0 Å². The van der Waals surface area contributed by atoms with Crippen LogP contribution in [0.5, 0.6) is 0 Å². The highest BCUT2D eigenvalue weighted by Crippen LogP contribution is 2.42. The zero-order chi connectivity index (χ0) is 8.67. The number of hydrogen-bond acceptors (Lipinski definition) is 0. The van der Waals surface area contributed by atoms with Crippen LogP contribution in [0.4, 0.5) is 0 Å². The van der Waals surface area contributed by atoms with Gasteiger partial charge in [0, 0.05) is 5.92 Å². The number of fused-ring (bicyclic) bond motifs is 3. The Kier molecular flexibility index (Phi) is 1.55. The van der Waals surface area contributed by atoms with Crippen LogP contribution in [-0.2, 0) is 0 Å². The van der Waals surface area contributed by atoms with Crippen molar-refractivity contribution in [3.05, 3.63) is 48.1 Å². The predicted octanol–water partition coefficient (Wildman–Crippen LogP) is 3.05. The van der Waals surface area contributed by atoms with Crippen molar-refractivity contribution in [2.75, 3.05) is 0 Å². The Morgan fingerprint density at radius 3 is 3.15 bits per heavy atom. The Labute approximate surface area is 79.3 Å². The van der Waals surface area contributed by atoms with Crippen LogP contribution < -0.4 is 0 Å². The van der Waals surface area contributed by atoms with E-state index >= 15 is 0 Å². The molecule has 3 aliphatic carbocycles. The minimum Gasteiger partial charge on any atom is -0.0882 e. The van der Waals surface area contributed by atoms with Crippen molar-refractivity contribution in [3.63, 3.8) is 0 Å². The van der Waals surface area contributed by atoms with Gasteiger partial charge in [0.05, 0.1) is 0 Å². The van der Waals surface area contributed by atoms with Gasteiger partial charge in [-0.2, -0.15) is 0 Å². The van der Waals surface area contributed by atoms with E-state index in [1.807, 2.05) is 0 Å². The third-order valence-corrected chi connectivity index (χ3v) is 3.41. The van der Waals surface area contributed by atoms with Crippen molar-refractivity contribution in [1.29, 1.82) is 0 Å². The molecule has 0 bridgehead atoms. The zero-order valence-electron chi connectivity index (χ0n) is 7.61. The molecule has 0 spiro atoms. The molecule has 0 amide bonds. The molecule has 0 saturated heterocycles. The number of rotatable bonds is 0. The van der Waals surface area contributed by atoms with E-state index in [9.17, 15) is 0 Å². The van der Waals surface area contributed by atoms with Gasteiger partial charge in [-0.15, -0.1) is 0 Å². The molecule has 0 heteroatoms. The summed E-state index contributed by atoms with van der Waals surface area (Å²) in [5.41, 5.74) is 1.40. The van der Waals surface area contributed by atoms with Gasteiger partial charge in [-0.25, -0.2) is 0 Å². The summed E-state index contributed by atoms with van der Waals surface area (Å²) in [5.74, 6) is 2.23. The van der Waals surface area contributed by atoms with Crippen LogP contribution in [0, 0.1) is 23.8 Å². The molecule has 0 fully saturated rings. The van der Waals surface area contributed by atoms with Crippen molar-refractivity contribution in [2.45, 2.75) is 12.8 Å². The number of allylic oxidation sites excluding steroid dienone is 8. The molecule has 0 aliphatic heterocycles. The standard InChI is InChI=1S/C13H13/c1-2-6-12-10(4-1)8-9-11-5-3-7-13(11)12/h1-3,5,7-8,10,12-13H,4,6H2. The van der Waals surface area contributed by atoms with Gasteiger partial charge >= 0.3 is 0 Å². The molecule has 0 N–H and O–H groups in total. The molecule has 0 aromatic carbocycles. The summed E-state index contributed by atoms with van der Waals surface area (Å²) in [6, 6.07) is 0. The van der Waals surface area contributed by atoms with E-state index in [0.717, 1.165) is 11.8 Å². The van der Waals surface area contributed by atoms with Gasteiger partial charge in [-0.1, -0.05) is 36.5 Å². The summed E-state index contributed by atoms with van der Waals surface area (Å²) < 4.78 is 0. The Hall–Kier alpha value is -1.04. The highest BCUT2D eigenvalue weighted by atomic mass is 14.4. The molecule has 0 saturated carbocycles. The van der Waals surface area contributed by atoms with Crippen LogP contribution in [0.1, 0.15) is 12.8 Å². The SMILES string of the molecule is [C]1=CC2CC=CCC2C2C=CC=C12. The lowest BCUT2D eigenvalue weighted by Crippen LogP contribution is -2.26. The highest BCUT2D eigenvalue weighted by molar-refractivity contribution is 5.36. The van der Waals surface area contributed by atoms with Crippen LogP contribution in [0.3, 0.4) is 0 Å². The second kappa shape index (κ2) is 2.73. The molecule has 0 aromatic rings. The van der Waals surface area contributed by atoms with Gasteiger partial charge in [0.2, 0.25) is 0 Å². The van der Waals surface area contributed by atoms with Crippen molar-refractivity contribution in [1.82, 2.24) is 0 Å². The fourth-order valence-corrected chi connectivity index (χ4v) is 2.68. The van der Waals surface area contributed by atoms with Gasteiger partial charge in [-0.05, 0) is 36.3 Å². The molecular weight excluding hydrogens is 156 g/mol. The second-order valence-electron chi connectivity index (χ2n) is 4.11. The van der Waals surface area contributed by atoms with Crippen molar-refractivity contribution in [3.8, 4) is 0 Å². The first kappa shape index (κ1) is 7.37. The normalized spacial score (nSPS) is 40.0. The molecule has 0 aromatic heterocycles. The maximum atomic E-state index is 3.42. The average molecular weight is 169 g/mol. The van der Waals surface area contributed by atoms with E-state index in [-0.39, 0.29) is 0 Å². The summed E-state index contributed by atoms with van der Waals surface area (Å²) in [5, 5.41) is 0. The summed E-state index contributed by atoms with van der Waals surface area (Å²) in [7, 11) is 0. The van der Waals surface area contributed by atoms with Crippen LogP contribution in [0.2, 0.25) is 0 Å². The molecule has 0 nitrogen and oxygen atoms in total. The topological polar surface area (TPSA) is 0 Å². The number of hydrogen-bond donors (Lipinski definition) is 0. The zero-order valence-corrected chi connectivity index (χ0v) is 7.61. The third kappa shape index (κ3) is 1.05. The minimum absolute atomic E-state index is 0.667. The van der Waals surface area contributed by atoms with Gasteiger partial charge < -0.3 is 0 Å². The quantitative estimate of drug-likeness (QED) is 0.489. The van der Waals surface area contributed by atoms with Crippen molar-refractivity contribution >= 4 is 0 Å². The molecular formula is C13H13. The van der Waals surface area contributed by atoms with Crippen LogP contribution in [0.25, 0.3) is 0 Å². The van der Waals surface area contributed by atoms with E-state index in [4.69, 9.17) is 0 Å². The lowest BCUT2D eigenvalue weighted by Gasteiger charge is -2.34. The Morgan fingerprint density at radius 2 is 2.15 bits per heavy atom. The largest absolute Gasteiger partial charge is 0.0882 e. The highest BCUT2D eigenvalue weighted by Gasteiger charge is 2.32. The monoisotopic (exact) mass is 169 g/mol. The van der Waals surface area contributed by atoms with E-state index in [0.29, 0.717) is 5.92 Å². The molecule has 13 heavy (non-hydrogen) atoms. The third-order valence-electron chi connectivity index (χ3n) is 3.41. The second-order valence-corrected chi connectivity index (χ2v) is 4.11. The molecule has 3 rings (SSSR count). The van der Waals surface area contributed by atoms with Crippen LogP contribution >= 0.6 is 0 Å². The van der Waals surface area contributed by atoms with E-state index in [2.05, 4.69) is 42.5 Å². The van der Waals surface area contributed by atoms with Crippen LogP contribution in [-0.4, -0.2) is 0 Å². The average Bonchev–Trinajstić information content (AvgIpc) is 2.65. The van der Waals surface area contributed by atoms with E-state index in [1.165, 1.54) is 18.4 Å². The van der Waals surface area contributed by atoms with Gasteiger partial charge in [0.15, 0.2) is 0 Å². The fourth-order valence-electron chi connectivity index (χ4n) is 2.68. The lowest BCUT2D eigenvalue weighted by molar-refractivity contribution is 0.318. The first-order chi connectivity index (χ1) is 6.45. The molecule has 3 aliphatic rings. The first-order valence-electron chi connectivity index (χ1n) is 5.08. The summed E-state index contributed by atoms with van der Waals surface area (Å²) in [6.45, 7) is 0. The first-order valence-corrected chi connectivity index (χ1v) is 5.08. The predicted molar refractivity (Wildman–Crippen MR) is 53.9 cm³/mol.